The molecule has 0 saturated heterocycles. The molecule has 4 rings (SSSR count). The second-order valence-electron chi connectivity index (χ2n) is 5.86. The normalized spacial score (nSPS) is 11.2. The average molecular weight is 299 g/mol. The largest absolute Gasteiger partial charge is 0.399 e. The van der Waals surface area contributed by atoms with Crippen molar-refractivity contribution in [3.8, 4) is 11.1 Å². The van der Waals surface area contributed by atoms with Gasteiger partial charge in [-0.3, -0.25) is 4.98 Å². The molecule has 4 N–H and O–H groups in total. The zero-order chi connectivity index (χ0) is 16.0. The van der Waals surface area contributed by atoms with Gasteiger partial charge in [0, 0.05) is 28.3 Å². The van der Waals surface area contributed by atoms with Crippen LogP contribution in [0.25, 0.3) is 32.8 Å². The Balaban J connectivity index is 2.09. The SMILES string of the molecule is Cc1c(-c2cccc(N)c2)ccc2cnc3cc(N)ccc3c12. The number of pyridine rings is 1. The van der Waals surface area contributed by atoms with Crippen LogP contribution in [0.3, 0.4) is 0 Å². The van der Waals surface area contributed by atoms with Gasteiger partial charge in [0.25, 0.3) is 0 Å². The van der Waals surface area contributed by atoms with E-state index in [1.807, 2.05) is 36.5 Å². The summed E-state index contributed by atoms with van der Waals surface area (Å²) in [5, 5.41) is 3.47. The lowest BCUT2D eigenvalue weighted by atomic mass is 9.93. The highest BCUT2D eigenvalue weighted by Gasteiger charge is 2.10. The van der Waals surface area contributed by atoms with Crippen molar-refractivity contribution < 1.29 is 0 Å². The fourth-order valence-electron chi connectivity index (χ4n) is 3.22. The number of anilines is 2. The van der Waals surface area contributed by atoms with Gasteiger partial charge in [-0.05, 0) is 53.3 Å². The molecule has 0 spiro atoms. The molecule has 0 aliphatic carbocycles. The van der Waals surface area contributed by atoms with Gasteiger partial charge in [-0.2, -0.15) is 0 Å². The third-order valence-corrected chi connectivity index (χ3v) is 4.33. The van der Waals surface area contributed by atoms with Gasteiger partial charge in [-0.25, -0.2) is 0 Å². The van der Waals surface area contributed by atoms with E-state index in [-0.39, 0.29) is 0 Å². The van der Waals surface area contributed by atoms with Gasteiger partial charge < -0.3 is 11.5 Å². The van der Waals surface area contributed by atoms with Crippen molar-refractivity contribution >= 4 is 33.1 Å². The van der Waals surface area contributed by atoms with Crippen LogP contribution in [-0.2, 0) is 0 Å². The summed E-state index contributed by atoms with van der Waals surface area (Å²) in [6.07, 6.45) is 1.91. The molecule has 23 heavy (non-hydrogen) atoms. The Bertz CT molecular complexity index is 1050. The zero-order valence-electron chi connectivity index (χ0n) is 12.9. The number of benzene rings is 3. The molecule has 112 valence electrons. The van der Waals surface area contributed by atoms with Crippen LogP contribution in [0.5, 0.6) is 0 Å². The molecule has 0 radical (unpaired) electrons. The minimum absolute atomic E-state index is 0.731. The minimum atomic E-state index is 0.731. The number of hydrogen-bond donors (Lipinski definition) is 2. The molecule has 0 aliphatic heterocycles. The molecule has 0 fully saturated rings. The van der Waals surface area contributed by atoms with Gasteiger partial charge in [0.15, 0.2) is 0 Å². The van der Waals surface area contributed by atoms with Crippen molar-refractivity contribution in [1.82, 2.24) is 4.98 Å². The molecule has 4 aromatic rings. The summed E-state index contributed by atoms with van der Waals surface area (Å²) < 4.78 is 0. The molecule has 0 atom stereocenters. The fraction of sp³-hybridized carbons (Fsp3) is 0.0500. The fourth-order valence-corrected chi connectivity index (χ4v) is 3.22. The van der Waals surface area contributed by atoms with E-state index in [4.69, 9.17) is 11.5 Å². The van der Waals surface area contributed by atoms with Crippen molar-refractivity contribution in [2.45, 2.75) is 6.92 Å². The van der Waals surface area contributed by atoms with Gasteiger partial charge in [-0.15, -0.1) is 0 Å². The number of fused-ring (bicyclic) bond motifs is 3. The monoisotopic (exact) mass is 299 g/mol. The lowest BCUT2D eigenvalue weighted by molar-refractivity contribution is 1.43. The van der Waals surface area contributed by atoms with Crippen molar-refractivity contribution in [1.29, 1.82) is 0 Å². The molecular formula is C20H17N3. The Morgan fingerprint density at radius 1 is 0.870 bits per heavy atom. The van der Waals surface area contributed by atoms with E-state index >= 15 is 0 Å². The molecule has 3 nitrogen and oxygen atoms in total. The van der Waals surface area contributed by atoms with Gasteiger partial charge >= 0.3 is 0 Å². The topological polar surface area (TPSA) is 64.9 Å². The lowest BCUT2D eigenvalue weighted by Gasteiger charge is -2.12. The van der Waals surface area contributed by atoms with Crippen molar-refractivity contribution in [3.63, 3.8) is 0 Å². The van der Waals surface area contributed by atoms with E-state index in [0.29, 0.717) is 0 Å². The lowest BCUT2D eigenvalue weighted by Crippen LogP contribution is -1.92. The number of nitrogen functional groups attached to an aromatic ring is 2. The summed E-state index contributed by atoms with van der Waals surface area (Å²) in [6.45, 7) is 2.15. The predicted molar refractivity (Wildman–Crippen MR) is 98.2 cm³/mol. The molecule has 0 unspecified atom stereocenters. The Morgan fingerprint density at radius 2 is 1.70 bits per heavy atom. The summed E-state index contributed by atoms with van der Waals surface area (Å²) in [5.41, 5.74) is 17.8. The first kappa shape index (κ1) is 13.6. The van der Waals surface area contributed by atoms with Crippen LogP contribution >= 0.6 is 0 Å². The molecule has 3 aromatic carbocycles. The maximum absolute atomic E-state index is 5.94. The smallest absolute Gasteiger partial charge is 0.0729 e. The standard InChI is InChI=1S/C20H17N3/c1-12-17(13-3-2-4-15(21)9-13)7-5-14-11-23-19-10-16(22)6-8-18(19)20(12)14/h2-11H,21-22H2,1H3. The van der Waals surface area contributed by atoms with E-state index in [2.05, 4.69) is 36.2 Å². The Labute approximate surface area is 134 Å². The molecule has 0 aliphatic rings. The summed E-state index contributed by atoms with van der Waals surface area (Å²) in [5.74, 6) is 0. The van der Waals surface area contributed by atoms with Crippen LogP contribution in [0.4, 0.5) is 11.4 Å². The highest BCUT2D eigenvalue weighted by Crippen LogP contribution is 2.34. The minimum Gasteiger partial charge on any atom is -0.399 e. The van der Waals surface area contributed by atoms with Crippen LogP contribution < -0.4 is 11.5 Å². The average Bonchev–Trinajstić information content (AvgIpc) is 2.54. The Hall–Kier alpha value is -3.07. The van der Waals surface area contributed by atoms with E-state index in [1.165, 1.54) is 16.5 Å². The highest BCUT2D eigenvalue weighted by atomic mass is 14.7. The van der Waals surface area contributed by atoms with Gasteiger partial charge in [0.1, 0.15) is 0 Å². The van der Waals surface area contributed by atoms with Gasteiger partial charge in [-0.1, -0.05) is 30.3 Å². The summed E-state index contributed by atoms with van der Waals surface area (Å²) in [4.78, 5) is 4.53. The second-order valence-corrected chi connectivity index (χ2v) is 5.86. The maximum Gasteiger partial charge on any atom is 0.0729 e. The number of hydrogen-bond acceptors (Lipinski definition) is 3. The summed E-state index contributed by atoms with van der Waals surface area (Å²) >= 11 is 0. The van der Waals surface area contributed by atoms with Crippen LogP contribution in [0.2, 0.25) is 0 Å². The first-order valence-corrected chi connectivity index (χ1v) is 7.57. The summed E-state index contributed by atoms with van der Waals surface area (Å²) in [6, 6.07) is 18.1. The van der Waals surface area contributed by atoms with Crippen molar-refractivity contribution in [3.05, 3.63) is 66.4 Å². The molecule has 3 heteroatoms. The zero-order valence-corrected chi connectivity index (χ0v) is 12.9. The van der Waals surface area contributed by atoms with Gasteiger partial charge in [0.05, 0.1) is 5.52 Å². The first-order chi connectivity index (χ1) is 11.1. The van der Waals surface area contributed by atoms with Crippen LogP contribution in [0, 0.1) is 6.92 Å². The molecule has 1 aromatic heterocycles. The van der Waals surface area contributed by atoms with Crippen molar-refractivity contribution in [2.24, 2.45) is 0 Å². The molecule has 0 amide bonds. The quantitative estimate of drug-likeness (QED) is 0.401. The molecular weight excluding hydrogens is 282 g/mol. The number of nitrogens with zero attached hydrogens (tertiary/aromatic N) is 1. The maximum atomic E-state index is 5.94. The first-order valence-electron chi connectivity index (χ1n) is 7.57. The third kappa shape index (κ3) is 2.18. The van der Waals surface area contributed by atoms with E-state index < -0.39 is 0 Å². The van der Waals surface area contributed by atoms with Crippen LogP contribution in [0.15, 0.2) is 60.8 Å². The number of nitrogens with two attached hydrogens (primary N) is 2. The van der Waals surface area contributed by atoms with Crippen LogP contribution in [-0.4, -0.2) is 4.98 Å². The molecule has 0 saturated carbocycles. The van der Waals surface area contributed by atoms with E-state index in [0.717, 1.165) is 33.2 Å². The Kier molecular flexibility index (Phi) is 2.95. The van der Waals surface area contributed by atoms with E-state index in [1.54, 1.807) is 0 Å². The predicted octanol–water partition coefficient (Wildman–Crippen LogP) is 4.53. The van der Waals surface area contributed by atoms with E-state index in [9.17, 15) is 0 Å². The number of rotatable bonds is 1. The Morgan fingerprint density at radius 3 is 2.52 bits per heavy atom. The number of aryl methyl sites for hydroxylation is 1. The second kappa shape index (κ2) is 4.99. The van der Waals surface area contributed by atoms with Gasteiger partial charge in [0.2, 0.25) is 0 Å². The third-order valence-electron chi connectivity index (χ3n) is 4.33. The van der Waals surface area contributed by atoms with Crippen molar-refractivity contribution in [2.75, 3.05) is 11.5 Å². The molecule has 1 heterocycles. The highest BCUT2D eigenvalue weighted by molar-refractivity contribution is 6.09. The number of aromatic nitrogens is 1. The molecule has 0 bridgehead atoms. The summed E-state index contributed by atoms with van der Waals surface area (Å²) in [7, 11) is 0. The van der Waals surface area contributed by atoms with Crippen LogP contribution in [0.1, 0.15) is 5.56 Å².